The van der Waals surface area contributed by atoms with Gasteiger partial charge in [0.25, 0.3) is 5.69 Å². The van der Waals surface area contributed by atoms with Gasteiger partial charge in [-0.2, -0.15) is 0 Å². The lowest BCUT2D eigenvalue weighted by molar-refractivity contribution is -0.384. The predicted octanol–water partition coefficient (Wildman–Crippen LogP) is 3.84. The zero-order valence-corrected chi connectivity index (χ0v) is 11.8. The van der Waals surface area contributed by atoms with Crippen LogP contribution in [0.1, 0.15) is 29.2 Å². The van der Waals surface area contributed by atoms with Gasteiger partial charge in [0.1, 0.15) is 5.69 Å². The van der Waals surface area contributed by atoms with Crippen LogP contribution in [0.15, 0.2) is 23.6 Å². The Labute approximate surface area is 115 Å². The van der Waals surface area contributed by atoms with E-state index in [1.807, 2.05) is 32.2 Å². The zero-order chi connectivity index (χ0) is 14.0. The first-order valence-corrected chi connectivity index (χ1v) is 6.79. The average Bonchev–Trinajstić information content (AvgIpc) is 2.78. The van der Waals surface area contributed by atoms with Crippen LogP contribution in [0.2, 0.25) is 0 Å². The van der Waals surface area contributed by atoms with Crippen molar-refractivity contribution in [2.75, 3.05) is 5.32 Å². The number of hydrogen-bond acceptors (Lipinski definition) is 5. The topological polar surface area (TPSA) is 68.1 Å². The van der Waals surface area contributed by atoms with Crippen LogP contribution in [-0.2, 0) is 0 Å². The molecule has 0 aliphatic rings. The number of hydrogen-bond donors (Lipinski definition) is 1. The Kier molecular flexibility index (Phi) is 3.80. The Morgan fingerprint density at radius 3 is 2.74 bits per heavy atom. The van der Waals surface area contributed by atoms with Gasteiger partial charge in [-0.3, -0.25) is 10.1 Å². The van der Waals surface area contributed by atoms with E-state index in [0.29, 0.717) is 5.69 Å². The molecule has 0 amide bonds. The number of nitrogens with one attached hydrogen (secondary N) is 1. The maximum Gasteiger partial charge on any atom is 0.292 e. The molecule has 2 aromatic rings. The molecule has 1 aromatic heterocycles. The maximum atomic E-state index is 11.0. The van der Waals surface area contributed by atoms with E-state index in [4.69, 9.17) is 0 Å². The lowest BCUT2D eigenvalue weighted by Crippen LogP contribution is -2.09. The maximum absolute atomic E-state index is 11.0. The van der Waals surface area contributed by atoms with Crippen molar-refractivity contribution in [3.8, 4) is 0 Å². The minimum absolute atomic E-state index is 0.0636. The fourth-order valence-electron chi connectivity index (χ4n) is 1.80. The highest BCUT2D eigenvalue weighted by atomic mass is 32.1. The number of aryl methyl sites for hydroxylation is 2. The van der Waals surface area contributed by atoms with Gasteiger partial charge in [0.2, 0.25) is 0 Å². The van der Waals surface area contributed by atoms with Gasteiger partial charge < -0.3 is 5.32 Å². The summed E-state index contributed by atoms with van der Waals surface area (Å²) >= 11 is 1.57. The summed E-state index contributed by atoms with van der Waals surface area (Å²) in [5.41, 5.74) is 2.39. The summed E-state index contributed by atoms with van der Waals surface area (Å²) in [5, 5.41) is 17.2. The molecule has 19 heavy (non-hydrogen) atoms. The normalized spacial score (nSPS) is 12.2. The van der Waals surface area contributed by atoms with E-state index in [1.54, 1.807) is 23.5 Å². The van der Waals surface area contributed by atoms with Crippen molar-refractivity contribution < 1.29 is 4.92 Å². The molecular weight excluding hydrogens is 262 g/mol. The number of rotatable bonds is 4. The van der Waals surface area contributed by atoms with Gasteiger partial charge in [-0.05, 0) is 32.4 Å². The third-order valence-electron chi connectivity index (χ3n) is 2.80. The van der Waals surface area contributed by atoms with E-state index in [-0.39, 0.29) is 16.7 Å². The quantitative estimate of drug-likeness (QED) is 0.681. The van der Waals surface area contributed by atoms with Crippen molar-refractivity contribution >= 4 is 22.7 Å². The standard InChI is InChI=1S/C13H15N3O2S/c1-8-4-5-11(13(6-8)16(17)18)14-9(2)12-7-19-10(3)15-12/h4-7,9,14H,1-3H3. The third-order valence-corrected chi connectivity index (χ3v) is 3.59. The molecule has 0 saturated carbocycles. The summed E-state index contributed by atoms with van der Waals surface area (Å²) in [6.07, 6.45) is 0. The Morgan fingerprint density at radius 2 is 2.16 bits per heavy atom. The van der Waals surface area contributed by atoms with E-state index in [0.717, 1.165) is 16.3 Å². The molecule has 0 aliphatic heterocycles. The van der Waals surface area contributed by atoms with Gasteiger partial charge in [-0.1, -0.05) is 6.07 Å². The van der Waals surface area contributed by atoms with E-state index in [2.05, 4.69) is 10.3 Å². The summed E-state index contributed by atoms with van der Waals surface area (Å²) < 4.78 is 0. The highest BCUT2D eigenvalue weighted by Crippen LogP contribution is 2.29. The minimum Gasteiger partial charge on any atom is -0.371 e. The fraction of sp³-hybridized carbons (Fsp3) is 0.308. The van der Waals surface area contributed by atoms with Crippen LogP contribution < -0.4 is 5.32 Å². The molecule has 100 valence electrons. The second-order valence-electron chi connectivity index (χ2n) is 4.44. The molecule has 1 heterocycles. The fourth-order valence-corrected chi connectivity index (χ4v) is 2.51. The monoisotopic (exact) mass is 277 g/mol. The molecule has 1 aromatic carbocycles. The van der Waals surface area contributed by atoms with Gasteiger partial charge in [0.05, 0.1) is 21.7 Å². The zero-order valence-electron chi connectivity index (χ0n) is 11.0. The molecule has 1 atom stereocenters. The van der Waals surface area contributed by atoms with Gasteiger partial charge in [0.15, 0.2) is 0 Å². The first-order valence-electron chi connectivity index (χ1n) is 5.91. The molecular formula is C13H15N3O2S. The molecule has 1 unspecified atom stereocenters. The van der Waals surface area contributed by atoms with Crippen LogP contribution in [-0.4, -0.2) is 9.91 Å². The van der Waals surface area contributed by atoms with Crippen molar-refractivity contribution in [3.63, 3.8) is 0 Å². The van der Waals surface area contributed by atoms with E-state index in [1.165, 1.54) is 0 Å². The second kappa shape index (κ2) is 5.36. The number of anilines is 1. The molecule has 1 N–H and O–H groups in total. The highest BCUT2D eigenvalue weighted by molar-refractivity contribution is 7.09. The lowest BCUT2D eigenvalue weighted by atomic mass is 10.1. The van der Waals surface area contributed by atoms with Crippen LogP contribution in [0.4, 0.5) is 11.4 Å². The number of nitro benzene ring substituents is 1. The van der Waals surface area contributed by atoms with Crippen molar-refractivity contribution in [2.24, 2.45) is 0 Å². The number of aromatic nitrogens is 1. The summed E-state index contributed by atoms with van der Waals surface area (Å²) in [4.78, 5) is 15.1. The molecule has 0 aliphatic carbocycles. The van der Waals surface area contributed by atoms with E-state index in [9.17, 15) is 10.1 Å². The molecule has 5 nitrogen and oxygen atoms in total. The first-order chi connectivity index (χ1) is 8.97. The summed E-state index contributed by atoms with van der Waals surface area (Å²) in [5.74, 6) is 0. The lowest BCUT2D eigenvalue weighted by Gasteiger charge is -2.13. The highest BCUT2D eigenvalue weighted by Gasteiger charge is 2.17. The summed E-state index contributed by atoms with van der Waals surface area (Å²) in [6.45, 7) is 5.72. The largest absolute Gasteiger partial charge is 0.371 e. The van der Waals surface area contributed by atoms with Crippen LogP contribution in [0.25, 0.3) is 0 Å². The number of thiazole rings is 1. The van der Waals surface area contributed by atoms with E-state index < -0.39 is 0 Å². The van der Waals surface area contributed by atoms with Gasteiger partial charge in [0, 0.05) is 11.4 Å². The molecule has 6 heteroatoms. The van der Waals surface area contributed by atoms with Gasteiger partial charge >= 0.3 is 0 Å². The molecule has 0 spiro atoms. The number of benzene rings is 1. The molecule has 0 bridgehead atoms. The Balaban J connectivity index is 2.26. The molecule has 0 saturated heterocycles. The molecule has 0 fully saturated rings. The Morgan fingerprint density at radius 1 is 1.42 bits per heavy atom. The SMILES string of the molecule is Cc1ccc(NC(C)c2csc(C)n2)c([N+](=O)[O-])c1. The molecule has 2 rings (SSSR count). The summed E-state index contributed by atoms with van der Waals surface area (Å²) in [7, 11) is 0. The molecule has 0 radical (unpaired) electrons. The Bertz CT molecular complexity index is 610. The number of nitro groups is 1. The van der Waals surface area contributed by atoms with Crippen LogP contribution in [0.3, 0.4) is 0 Å². The smallest absolute Gasteiger partial charge is 0.292 e. The van der Waals surface area contributed by atoms with Crippen molar-refractivity contribution in [3.05, 3.63) is 50.0 Å². The van der Waals surface area contributed by atoms with Crippen molar-refractivity contribution in [1.82, 2.24) is 4.98 Å². The van der Waals surface area contributed by atoms with Crippen molar-refractivity contribution in [1.29, 1.82) is 0 Å². The summed E-state index contributed by atoms with van der Waals surface area (Å²) in [6, 6.07) is 5.10. The average molecular weight is 277 g/mol. The van der Waals surface area contributed by atoms with Crippen LogP contribution in [0, 0.1) is 24.0 Å². The number of nitrogens with zero attached hydrogens (tertiary/aromatic N) is 2. The van der Waals surface area contributed by atoms with E-state index >= 15 is 0 Å². The van der Waals surface area contributed by atoms with Gasteiger partial charge in [-0.15, -0.1) is 11.3 Å². The van der Waals surface area contributed by atoms with Crippen LogP contribution in [0.5, 0.6) is 0 Å². The second-order valence-corrected chi connectivity index (χ2v) is 5.50. The first kappa shape index (κ1) is 13.5. The van der Waals surface area contributed by atoms with Crippen LogP contribution >= 0.6 is 11.3 Å². The van der Waals surface area contributed by atoms with Crippen molar-refractivity contribution in [2.45, 2.75) is 26.8 Å². The predicted molar refractivity (Wildman–Crippen MR) is 76.7 cm³/mol. The minimum atomic E-state index is -0.367. The van der Waals surface area contributed by atoms with Gasteiger partial charge in [-0.25, -0.2) is 4.98 Å². The third kappa shape index (κ3) is 3.08. The Hall–Kier alpha value is -1.95.